The lowest BCUT2D eigenvalue weighted by atomic mass is 10.1. The van der Waals surface area contributed by atoms with E-state index < -0.39 is 6.10 Å². The van der Waals surface area contributed by atoms with Crippen molar-refractivity contribution in [3.63, 3.8) is 0 Å². The molecule has 2 aliphatic rings. The number of hydrogen-bond acceptors (Lipinski definition) is 5. The Morgan fingerprint density at radius 1 is 1.12 bits per heavy atom. The summed E-state index contributed by atoms with van der Waals surface area (Å²) in [5.41, 5.74) is 2.37. The van der Waals surface area contributed by atoms with E-state index in [1.54, 1.807) is 0 Å². The van der Waals surface area contributed by atoms with Crippen LogP contribution in [0.4, 0.5) is 0 Å². The average Bonchev–Trinajstić information content (AvgIpc) is 3.07. The summed E-state index contributed by atoms with van der Waals surface area (Å²) in [6, 6.07) is 6.16. The number of rotatable bonds is 7. The minimum absolute atomic E-state index is 0.346. The molecular weight excluding hydrogens is 316 g/mol. The molecule has 2 aliphatic heterocycles. The summed E-state index contributed by atoms with van der Waals surface area (Å²) in [7, 11) is 0. The molecule has 3 rings (SSSR count). The maximum Gasteiger partial charge on any atom is 0.119 e. The smallest absolute Gasteiger partial charge is 0.119 e. The Morgan fingerprint density at radius 2 is 1.80 bits per heavy atom. The fourth-order valence-corrected chi connectivity index (χ4v) is 3.79. The lowest BCUT2D eigenvalue weighted by Gasteiger charge is -2.36. The van der Waals surface area contributed by atoms with E-state index in [1.807, 2.05) is 12.1 Å². The molecule has 2 atom stereocenters. The molecule has 0 saturated carbocycles. The van der Waals surface area contributed by atoms with E-state index in [0.717, 1.165) is 45.1 Å². The van der Waals surface area contributed by atoms with Crippen molar-refractivity contribution in [2.45, 2.75) is 38.9 Å². The lowest BCUT2D eigenvalue weighted by molar-refractivity contribution is 0.0263. The molecule has 2 unspecified atom stereocenters. The highest BCUT2D eigenvalue weighted by atomic mass is 16.5. The van der Waals surface area contributed by atoms with E-state index >= 15 is 0 Å². The SMILES string of the molecule is Cc1cc(C)cc(OCC(O)CN2CCN(CC3CCCO3)CC2)c1. The molecule has 5 nitrogen and oxygen atoms in total. The van der Waals surface area contributed by atoms with E-state index in [-0.39, 0.29) is 0 Å². The zero-order chi connectivity index (χ0) is 17.6. The van der Waals surface area contributed by atoms with Crippen molar-refractivity contribution in [1.82, 2.24) is 9.80 Å². The molecule has 1 N–H and O–H groups in total. The highest BCUT2D eigenvalue weighted by Crippen LogP contribution is 2.17. The first-order chi connectivity index (χ1) is 12.1. The van der Waals surface area contributed by atoms with Crippen LogP contribution in [-0.2, 0) is 4.74 Å². The van der Waals surface area contributed by atoms with Gasteiger partial charge in [-0.15, -0.1) is 0 Å². The standard InChI is InChI=1S/C20H32N2O3/c1-16-10-17(2)12-20(11-16)25-15-18(23)13-21-5-7-22(8-6-21)14-19-4-3-9-24-19/h10-12,18-19,23H,3-9,13-15H2,1-2H3. The molecular formula is C20H32N2O3. The van der Waals surface area contributed by atoms with Crippen LogP contribution in [0.1, 0.15) is 24.0 Å². The van der Waals surface area contributed by atoms with Crippen LogP contribution in [0.25, 0.3) is 0 Å². The third-order valence-electron chi connectivity index (χ3n) is 5.06. The molecule has 140 valence electrons. The number of piperazine rings is 1. The first-order valence-electron chi connectivity index (χ1n) is 9.54. The van der Waals surface area contributed by atoms with E-state index in [2.05, 4.69) is 29.7 Å². The first-order valence-corrected chi connectivity index (χ1v) is 9.54. The Hall–Kier alpha value is -1.14. The normalized spacial score (nSPS) is 23.7. The predicted octanol–water partition coefficient (Wildman–Crippen LogP) is 1.84. The highest BCUT2D eigenvalue weighted by molar-refractivity contribution is 5.32. The van der Waals surface area contributed by atoms with Gasteiger partial charge in [-0.1, -0.05) is 6.07 Å². The molecule has 1 aromatic rings. The number of aliphatic hydroxyl groups excluding tert-OH is 1. The quantitative estimate of drug-likeness (QED) is 0.815. The Morgan fingerprint density at radius 3 is 2.44 bits per heavy atom. The number of nitrogens with zero attached hydrogens (tertiary/aromatic N) is 2. The van der Waals surface area contributed by atoms with Crippen LogP contribution in [0.3, 0.4) is 0 Å². The Labute approximate surface area is 151 Å². The van der Waals surface area contributed by atoms with Crippen molar-refractivity contribution in [2.75, 3.05) is 52.5 Å². The van der Waals surface area contributed by atoms with Gasteiger partial charge in [0.05, 0.1) is 6.10 Å². The second kappa shape index (κ2) is 8.99. The van der Waals surface area contributed by atoms with Gasteiger partial charge < -0.3 is 14.6 Å². The predicted molar refractivity (Wildman–Crippen MR) is 99.3 cm³/mol. The number of β-amino-alcohol motifs (C(OH)–C–C–N with tert-alkyl or cyclic N) is 1. The van der Waals surface area contributed by atoms with Crippen molar-refractivity contribution < 1.29 is 14.6 Å². The van der Waals surface area contributed by atoms with Crippen LogP contribution in [0.2, 0.25) is 0 Å². The zero-order valence-corrected chi connectivity index (χ0v) is 15.6. The molecule has 2 saturated heterocycles. The van der Waals surface area contributed by atoms with E-state index in [9.17, 15) is 5.11 Å². The van der Waals surface area contributed by atoms with Gasteiger partial charge in [0.2, 0.25) is 0 Å². The fourth-order valence-electron chi connectivity index (χ4n) is 3.79. The molecule has 0 spiro atoms. The second-order valence-electron chi connectivity index (χ2n) is 7.52. The first kappa shape index (κ1) is 18.6. The molecule has 0 radical (unpaired) electrons. The van der Waals surface area contributed by atoms with Gasteiger partial charge in [0, 0.05) is 45.9 Å². The molecule has 1 aromatic carbocycles. The summed E-state index contributed by atoms with van der Waals surface area (Å²) in [4.78, 5) is 4.83. The summed E-state index contributed by atoms with van der Waals surface area (Å²) in [6.07, 6.45) is 2.39. The maximum absolute atomic E-state index is 10.3. The van der Waals surface area contributed by atoms with Gasteiger partial charge in [-0.3, -0.25) is 9.80 Å². The van der Waals surface area contributed by atoms with Crippen molar-refractivity contribution in [1.29, 1.82) is 0 Å². The zero-order valence-electron chi connectivity index (χ0n) is 15.6. The van der Waals surface area contributed by atoms with Crippen LogP contribution in [0.5, 0.6) is 5.75 Å². The minimum Gasteiger partial charge on any atom is -0.491 e. The van der Waals surface area contributed by atoms with Gasteiger partial charge in [-0.25, -0.2) is 0 Å². The second-order valence-corrected chi connectivity index (χ2v) is 7.52. The summed E-state index contributed by atoms with van der Waals surface area (Å²) in [5, 5.41) is 10.3. The van der Waals surface area contributed by atoms with Crippen molar-refractivity contribution in [3.05, 3.63) is 29.3 Å². The maximum atomic E-state index is 10.3. The molecule has 0 aliphatic carbocycles. The van der Waals surface area contributed by atoms with Gasteiger partial charge in [0.1, 0.15) is 18.5 Å². The van der Waals surface area contributed by atoms with Crippen molar-refractivity contribution in [3.8, 4) is 5.75 Å². The van der Waals surface area contributed by atoms with Gasteiger partial charge in [-0.05, 0) is 49.9 Å². The van der Waals surface area contributed by atoms with Crippen molar-refractivity contribution in [2.24, 2.45) is 0 Å². The molecule has 0 aromatic heterocycles. The lowest BCUT2D eigenvalue weighted by Crippen LogP contribution is -2.50. The van der Waals surface area contributed by atoms with E-state index in [4.69, 9.17) is 9.47 Å². The average molecular weight is 348 g/mol. The Balaban J connectivity index is 1.35. The highest BCUT2D eigenvalue weighted by Gasteiger charge is 2.23. The van der Waals surface area contributed by atoms with Gasteiger partial charge in [-0.2, -0.15) is 0 Å². The summed E-state index contributed by atoms with van der Waals surface area (Å²) in [6.45, 7) is 11.3. The van der Waals surface area contributed by atoms with Crippen LogP contribution in [-0.4, -0.2) is 79.6 Å². The fraction of sp³-hybridized carbons (Fsp3) is 0.700. The van der Waals surface area contributed by atoms with Gasteiger partial charge >= 0.3 is 0 Å². The van der Waals surface area contributed by atoms with Crippen LogP contribution in [0.15, 0.2) is 18.2 Å². The molecule has 0 bridgehead atoms. The Kier molecular flexibility index (Phi) is 6.70. The van der Waals surface area contributed by atoms with Crippen LogP contribution < -0.4 is 4.74 Å². The molecule has 25 heavy (non-hydrogen) atoms. The monoisotopic (exact) mass is 348 g/mol. The van der Waals surface area contributed by atoms with Gasteiger partial charge in [0.15, 0.2) is 0 Å². The number of hydrogen-bond donors (Lipinski definition) is 1. The van der Waals surface area contributed by atoms with Crippen molar-refractivity contribution >= 4 is 0 Å². The number of aryl methyl sites for hydroxylation is 2. The number of benzene rings is 1. The van der Waals surface area contributed by atoms with Gasteiger partial charge in [0.25, 0.3) is 0 Å². The van der Waals surface area contributed by atoms with Crippen LogP contribution >= 0.6 is 0 Å². The van der Waals surface area contributed by atoms with E-state index in [1.165, 1.54) is 24.0 Å². The topological polar surface area (TPSA) is 45.2 Å². The number of aliphatic hydroxyl groups is 1. The largest absolute Gasteiger partial charge is 0.491 e. The third kappa shape index (κ3) is 5.96. The molecule has 2 fully saturated rings. The third-order valence-corrected chi connectivity index (χ3v) is 5.06. The Bertz CT molecular complexity index is 517. The summed E-state index contributed by atoms with van der Waals surface area (Å²) in [5.74, 6) is 0.845. The van der Waals surface area contributed by atoms with E-state index in [0.29, 0.717) is 19.3 Å². The summed E-state index contributed by atoms with van der Waals surface area (Å²) < 4.78 is 11.5. The molecule has 2 heterocycles. The molecule has 0 amide bonds. The van der Waals surface area contributed by atoms with Crippen LogP contribution in [0, 0.1) is 13.8 Å². The molecule has 5 heteroatoms. The summed E-state index contributed by atoms with van der Waals surface area (Å²) >= 11 is 0. The minimum atomic E-state index is -0.453. The number of ether oxygens (including phenoxy) is 2.